The number of hydrogen-bond acceptors (Lipinski definition) is 3. The molecular formula is C22H29ClIN5O. The number of rotatable bonds is 8. The number of guanidine groups is 1. The zero-order chi connectivity index (χ0) is 20.5. The van der Waals surface area contributed by atoms with Crippen molar-refractivity contribution in [2.75, 3.05) is 19.6 Å². The molecule has 8 heteroatoms. The van der Waals surface area contributed by atoms with E-state index in [9.17, 15) is 4.79 Å². The second-order valence-corrected chi connectivity index (χ2v) is 7.44. The molecule has 0 unspecified atom stereocenters. The van der Waals surface area contributed by atoms with Crippen LogP contribution >= 0.6 is 35.6 Å². The standard InChI is InChI=1S/C22H28ClN5O.HI/c1-2-24-22(26-13-11-17-9-10-20(23)27-14-17)25-12-5-8-21(29)28-15-18-6-3-4-7-19(18)16-28;/h3-4,6-7,9-10,14H,2,5,8,11-13,15-16H2,1H3,(H2,24,25,26);1H. The first kappa shape index (κ1) is 24.4. The third kappa shape index (κ3) is 7.43. The van der Waals surface area contributed by atoms with Crippen LogP contribution in [0.15, 0.2) is 47.6 Å². The molecule has 0 bridgehead atoms. The van der Waals surface area contributed by atoms with Crippen molar-refractivity contribution in [3.63, 3.8) is 0 Å². The van der Waals surface area contributed by atoms with Crippen LogP contribution in [0.1, 0.15) is 36.5 Å². The molecule has 1 aromatic carbocycles. The highest BCUT2D eigenvalue weighted by Gasteiger charge is 2.22. The molecule has 0 radical (unpaired) electrons. The van der Waals surface area contributed by atoms with Gasteiger partial charge in [-0.2, -0.15) is 0 Å². The highest BCUT2D eigenvalue weighted by atomic mass is 127. The van der Waals surface area contributed by atoms with Crippen LogP contribution in [0, 0.1) is 0 Å². The average molecular weight is 542 g/mol. The normalized spacial score (nSPS) is 12.9. The monoisotopic (exact) mass is 541 g/mol. The lowest BCUT2D eigenvalue weighted by Crippen LogP contribution is -2.38. The van der Waals surface area contributed by atoms with Gasteiger partial charge in [0.2, 0.25) is 5.91 Å². The molecule has 1 aromatic heterocycles. The lowest BCUT2D eigenvalue weighted by molar-refractivity contribution is -0.131. The summed E-state index contributed by atoms with van der Waals surface area (Å²) in [7, 11) is 0. The second kappa shape index (κ2) is 12.7. The van der Waals surface area contributed by atoms with E-state index in [1.54, 1.807) is 12.3 Å². The fraction of sp³-hybridized carbons (Fsp3) is 0.409. The molecule has 2 heterocycles. The Morgan fingerprint density at radius 3 is 2.53 bits per heavy atom. The summed E-state index contributed by atoms with van der Waals surface area (Å²) in [6.45, 7) is 5.64. The van der Waals surface area contributed by atoms with Gasteiger partial charge in [-0.25, -0.2) is 4.98 Å². The smallest absolute Gasteiger partial charge is 0.223 e. The van der Waals surface area contributed by atoms with E-state index in [1.807, 2.05) is 30.0 Å². The maximum Gasteiger partial charge on any atom is 0.223 e. The van der Waals surface area contributed by atoms with E-state index in [0.29, 0.717) is 18.1 Å². The number of hydrogen-bond donors (Lipinski definition) is 2. The van der Waals surface area contributed by atoms with E-state index < -0.39 is 0 Å². The molecular weight excluding hydrogens is 513 g/mol. The van der Waals surface area contributed by atoms with Crippen molar-refractivity contribution in [3.8, 4) is 0 Å². The number of carbonyl (C=O) groups is 1. The Morgan fingerprint density at radius 2 is 1.90 bits per heavy atom. The minimum Gasteiger partial charge on any atom is -0.357 e. The molecule has 0 saturated carbocycles. The Labute approximate surface area is 200 Å². The number of halogens is 2. The Kier molecular flexibility index (Phi) is 10.4. The van der Waals surface area contributed by atoms with Gasteiger partial charge in [-0.3, -0.25) is 9.79 Å². The van der Waals surface area contributed by atoms with Gasteiger partial charge in [-0.05, 0) is 42.5 Å². The Morgan fingerprint density at radius 1 is 1.17 bits per heavy atom. The van der Waals surface area contributed by atoms with E-state index in [2.05, 4.69) is 32.7 Å². The summed E-state index contributed by atoms with van der Waals surface area (Å²) in [4.78, 5) is 23.1. The maximum absolute atomic E-state index is 12.5. The molecule has 2 aromatic rings. The van der Waals surface area contributed by atoms with E-state index in [0.717, 1.165) is 50.5 Å². The number of benzene rings is 1. The molecule has 1 aliphatic rings. The topological polar surface area (TPSA) is 69.6 Å². The van der Waals surface area contributed by atoms with Crippen LogP contribution in [0.3, 0.4) is 0 Å². The zero-order valence-electron chi connectivity index (χ0n) is 17.2. The van der Waals surface area contributed by atoms with Crippen molar-refractivity contribution in [1.29, 1.82) is 0 Å². The van der Waals surface area contributed by atoms with Gasteiger partial charge in [-0.15, -0.1) is 24.0 Å². The molecule has 30 heavy (non-hydrogen) atoms. The lowest BCUT2D eigenvalue weighted by Gasteiger charge is -2.15. The molecule has 0 spiro atoms. The number of fused-ring (bicyclic) bond motifs is 1. The van der Waals surface area contributed by atoms with Crippen molar-refractivity contribution in [3.05, 3.63) is 64.4 Å². The fourth-order valence-corrected chi connectivity index (χ4v) is 3.42. The van der Waals surface area contributed by atoms with Gasteiger partial charge in [0.1, 0.15) is 5.15 Å². The van der Waals surface area contributed by atoms with Crippen molar-refractivity contribution in [1.82, 2.24) is 20.5 Å². The highest BCUT2D eigenvalue weighted by molar-refractivity contribution is 14.0. The largest absolute Gasteiger partial charge is 0.357 e. The molecule has 2 N–H and O–H groups in total. The predicted molar refractivity (Wildman–Crippen MR) is 132 cm³/mol. The molecule has 6 nitrogen and oxygen atoms in total. The number of aromatic nitrogens is 1. The van der Waals surface area contributed by atoms with Crippen LogP contribution in [0.4, 0.5) is 0 Å². The van der Waals surface area contributed by atoms with Gasteiger partial charge in [0, 0.05) is 45.3 Å². The van der Waals surface area contributed by atoms with Crippen LogP contribution in [-0.2, 0) is 24.3 Å². The van der Waals surface area contributed by atoms with Crippen LogP contribution in [0.25, 0.3) is 0 Å². The summed E-state index contributed by atoms with van der Waals surface area (Å²) in [5.41, 5.74) is 3.64. The molecule has 1 amide bonds. The third-order valence-electron chi connectivity index (χ3n) is 4.85. The second-order valence-electron chi connectivity index (χ2n) is 7.05. The summed E-state index contributed by atoms with van der Waals surface area (Å²) in [5.74, 6) is 0.972. The first-order valence-electron chi connectivity index (χ1n) is 10.1. The van der Waals surface area contributed by atoms with Crippen molar-refractivity contribution in [2.45, 2.75) is 39.3 Å². The number of carbonyl (C=O) groups excluding carboxylic acids is 1. The van der Waals surface area contributed by atoms with Gasteiger partial charge >= 0.3 is 0 Å². The number of aliphatic imine (C=N–C) groups is 1. The number of nitrogens with one attached hydrogen (secondary N) is 2. The number of pyridine rings is 1. The lowest BCUT2D eigenvalue weighted by atomic mass is 10.1. The summed E-state index contributed by atoms with van der Waals surface area (Å²) in [6, 6.07) is 12.0. The van der Waals surface area contributed by atoms with Crippen LogP contribution < -0.4 is 10.6 Å². The van der Waals surface area contributed by atoms with E-state index in [-0.39, 0.29) is 29.9 Å². The summed E-state index contributed by atoms with van der Waals surface area (Å²) in [5, 5.41) is 7.07. The summed E-state index contributed by atoms with van der Waals surface area (Å²) in [6.07, 6.45) is 3.88. The van der Waals surface area contributed by atoms with Crippen LogP contribution in [0.2, 0.25) is 5.15 Å². The Balaban J connectivity index is 0.00000320. The minimum atomic E-state index is 0. The number of nitrogens with zero attached hydrogens (tertiary/aromatic N) is 3. The first-order chi connectivity index (χ1) is 14.2. The molecule has 0 fully saturated rings. The third-order valence-corrected chi connectivity index (χ3v) is 5.07. The van der Waals surface area contributed by atoms with Crippen molar-refractivity contribution in [2.24, 2.45) is 4.99 Å². The SMILES string of the molecule is CCNC(=NCCCC(=O)N1Cc2ccccc2C1)NCCc1ccc(Cl)nc1.I. The van der Waals surface area contributed by atoms with Crippen LogP contribution in [0.5, 0.6) is 0 Å². The quantitative estimate of drug-likeness (QED) is 0.176. The molecule has 0 atom stereocenters. The zero-order valence-corrected chi connectivity index (χ0v) is 20.3. The van der Waals surface area contributed by atoms with E-state index >= 15 is 0 Å². The van der Waals surface area contributed by atoms with Gasteiger partial charge in [0.15, 0.2) is 5.96 Å². The molecule has 3 rings (SSSR count). The molecule has 162 valence electrons. The van der Waals surface area contributed by atoms with E-state index in [4.69, 9.17) is 11.6 Å². The summed E-state index contributed by atoms with van der Waals surface area (Å²) < 4.78 is 0. The highest BCUT2D eigenvalue weighted by Crippen LogP contribution is 2.22. The number of amides is 1. The molecule has 1 aliphatic heterocycles. The van der Waals surface area contributed by atoms with Gasteiger partial charge < -0.3 is 15.5 Å². The fourth-order valence-electron chi connectivity index (χ4n) is 3.31. The predicted octanol–water partition coefficient (Wildman–Crippen LogP) is 3.77. The van der Waals surface area contributed by atoms with Crippen LogP contribution in [-0.4, -0.2) is 41.4 Å². The molecule has 0 saturated heterocycles. The average Bonchev–Trinajstić information content (AvgIpc) is 3.17. The Hall–Kier alpha value is -1.87. The summed E-state index contributed by atoms with van der Waals surface area (Å²) >= 11 is 5.81. The van der Waals surface area contributed by atoms with Gasteiger partial charge in [-0.1, -0.05) is 41.9 Å². The van der Waals surface area contributed by atoms with Crippen molar-refractivity contribution < 1.29 is 4.79 Å². The first-order valence-corrected chi connectivity index (χ1v) is 10.5. The van der Waals surface area contributed by atoms with Gasteiger partial charge in [0.25, 0.3) is 0 Å². The Bertz CT molecular complexity index is 819. The maximum atomic E-state index is 12.5. The minimum absolute atomic E-state index is 0. The van der Waals surface area contributed by atoms with Crippen molar-refractivity contribution >= 4 is 47.4 Å². The molecule has 0 aliphatic carbocycles. The van der Waals surface area contributed by atoms with E-state index in [1.165, 1.54) is 11.1 Å². The van der Waals surface area contributed by atoms with Gasteiger partial charge in [0.05, 0.1) is 0 Å².